The molecule has 0 aliphatic carbocycles. The molecule has 0 fully saturated rings. The van der Waals surface area contributed by atoms with Crippen LogP contribution < -0.4 is 0 Å². The highest BCUT2D eigenvalue weighted by Crippen LogP contribution is 2.10. The van der Waals surface area contributed by atoms with Crippen molar-refractivity contribution in [3.63, 3.8) is 0 Å². The minimum atomic E-state index is -0.439. The van der Waals surface area contributed by atoms with Crippen LogP contribution in [0.3, 0.4) is 0 Å². The predicted octanol–water partition coefficient (Wildman–Crippen LogP) is 1.71. The first-order valence-corrected chi connectivity index (χ1v) is 6.03. The Morgan fingerprint density at radius 2 is 2.00 bits per heavy atom. The van der Waals surface area contributed by atoms with Gasteiger partial charge in [0.05, 0.1) is 19.7 Å². The molecule has 0 radical (unpaired) electrons. The lowest BCUT2D eigenvalue weighted by Crippen LogP contribution is -2.07. The topological polar surface area (TPSA) is 85.2 Å². The van der Waals surface area contributed by atoms with Gasteiger partial charge in [-0.2, -0.15) is 4.99 Å². The minimum absolute atomic E-state index is 0.369. The van der Waals surface area contributed by atoms with Crippen molar-refractivity contribution in [3.8, 4) is 0 Å². The van der Waals surface area contributed by atoms with Gasteiger partial charge in [0.25, 0.3) is 0 Å². The molecule has 0 aromatic heterocycles. The summed E-state index contributed by atoms with van der Waals surface area (Å²) in [5.41, 5.74) is 0.414. The Balaban J connectivity index is 4.23. The first-order chi connectivity index (χ1) is 9.15. The van der Waals surface area contributed by atoms with E-state index in [1.54, 1.807) is 13.0 Å². The van der Waals surface area contributed by atoms with Crippen molar-refractivity contribution < 1.29 is 19.1 Å². The molecule has 0 aliphatic rings. The first kappa shape index (κ1) is 17.0. The number of aliphatic imine (C=N–C) groups is 2. The zero-order valence-electron chi connectivity index (χ0n) is 11.2. The Morgan fingerprint density at radius 3 is 2.58 bits per heavy atom. The standard InChI is InChI=1S/C13H18N2O4/c1-11(13(18)19-2)8-12(15-10-17)6-4-3-5-7-14-9-16/h8,12H,3-7H2,1-2H3. The second kappa shape index (κ2) is 11.1. The molecule has 104 valence electrons. The monoisotopic (exact) mass is 266 g/mol. The zero-order chi connectivity index (χ0) is 14.5. The Hall–Kier alpha value is -2.03. The Morgan fingerprint density at radius 1 is 1.26 bits per heavy atom. The molecule has 6 nitrogen and oxygen atoms in total. The number of hydrogen-bond acceptors (Lipinski definition) is 6. The summed E-state index contributed by atoms with van der Waals surface area (Å²) in [7, 11) is 1.30. The van der Waals surface area contributed by atoms with Gasteiger partial charge in [-0.05, 0) is 25.8 Å². The lowest BCUT2D eigenvalue weighted by molar-refractivity contribution is -0.136. The van der Waals surface area contributed by atoms with Crippen LogP contribution in [0, 0.1) is 0 Å². The second-order valence-corrected chi connectivity index (χ2v) is 3.95. The highest BCUT2D eigenvalue weighted by atomic mass is 16.5. The van der Waals surface area contributed by atoms with E-state index in [1.165, 1.54) is 19.3 Å². The summed E-state index contributed by atoms with van der Waals surface area (Å²) in [6.45, 7) is 2.07. The number of carbonyl (C=O) groups excluding carboxylic acids is 3. The molecule has 0 heterocycles. The smallest absolute Gasteiger partial charge is 0.333 e. The van der Waals surface area contributed by atoms with E-state index in [0.29, 0.717) is 18.5 Å². The molecular weight excluding hydrogens is 248 g/mol. The number of unbranched alkanes of at least 4 members (excludes halogenated alkanes) is 2. The van der Waals surface area contributed by atoms with Crippen molar-refractivity contribution in [1.29, 1.82) is 0 Å². The van der Waals surface area contributed by atoms with Gasteiger partial charge in [0.15, 0.2) is 0 Å². The van der Waals surface area contributed by atoms with E-state index in [-0.39, 0.29) is 6.04 Å². The van der Waals surface area contributed by atoms with Crippen LogP contribution in [0.5, 0.6) is 0 Å². The van der Waals surface area contributed by atoms with E-state index >= 15 is 0 Å². The fourth-order valence-corrected chi connectivity index (χ4v) is 1.54. The molecule has 0 N–H and O–H groups in total. The van der Waals surface area contributed by atoms with Crippen LogP contribution in [0.15, 0.2) is 21.6 Å². The van der Waals surface area contributed by atoms with Crippen molar-refractivity contribution >= 4 is 18.1 Å². The third kappa shape index (κ3) is 8.66. The Kier molecular flexibility index (Phi) is 9.90. The van der Waals surface area contributed by atoms with Crippen LogP contribution in [-0.2, 0) is 19.1 Å². The van der Waals surface area contributed by atoms with E-state index in [1.807, 2.05) is 0 Å². The van der Waals surface area contributed by atoms with Crippen LogP contribution in [-0.4, -0.2) is 37.8 Å². The maximum absolute atomic E-state index is 11.2. The van der Waals surface area contributed by atoms with E-state index in [9.17, 15) is 14.4 Å². The van der Waals surface area contributed by atoms with Gasteiger partial charge in [-0.25, -0.2) is 19.4 Å². The third-order valence-corrected chi connectivity index (χ3v) is 2.50. The molecule has 0 aromatic rings. The number of esters is 1. The molecule has 0 bridgehead atoms. The largest absolute Gasteiger partial charge is 0.466 e. The number of ether oxygens (including phenoxy) is 1. The van der Waals surface area contributed by atoms with Crippen molar-refractivity contribution in [2.24, 2.45) is 9.98 Å². The molecule has 6 heteroatoms. The second-order valence-electron chi connectivity index (χ2n) is 3.95. The van der Waals surface area contributed by atoms with E-state index in [4.69, 9.17) is 0 Å². The maximum Gasteiger partial charge on any atom is 0.333 e. The summed E-state index contributed by atoms with van der Waals surface area (Å²) in [5, 5.41) is 0. The maximum atomic E-state index is 11.2. The van der Waals surface area contributed by atoms with Gasteiger partial charge in [-0.3, -0.25) is 0 Å². The van der Waals surface area contributed by atoms with Crippen LogP contribution in [0.1, 0.15) is 32.6 Å². The van der Waals surface area contributed by atoms with Gasteiger partial charge in [0, 0.05) is 5.57 Å². The van der Waals surface area contributed by atoms with Crippen LogP contribution >= 0.6 is 0 Å². The molecule has 0 amide bonds. The van der Waals surface area contributed by atoms with Gasteiger partial charge < -0.3 is 4.74 Å². The molecule has 1 unspecified atom stereocenters. The zero-order valence-corrected chi connectivity index (χ0v) is 11.2. The third-order valence-electron chi connectivity index (χ3n) is 2.50. The van der Waals surface area contributed by atoms with E-state index in [0.717, 1.165) is 19.3 Å². The van der Waals surface area contributed by atoms with E-state index in [2.05, 4.69) is 14.7 Å². The van der Waals surface area contributed by atoms with Crippen LogP contribution in [0.2, 0.25) is 0 Å². The molecule has 1 atom stereocenters. The molecule has 0 aromatic carbocycles. The fourth-order valence-electron chi connectivity index (χ4n) is 1.54. The average Bonchev–Trinajstić information content (AvgIpc) is 2.41. The molecule has 0 rings (SSSR count). The van der Waals surface area contributed by atoms with Crippen molar-refractivity contribution in [3.05, 3.63) is 11.6 Å². The lowest BCUT2D eigenvalue weighted by Gasteiger charge is -2.06. The molecule has 0 saturated carbocycles. The highest BCUT2D eigenvalue weighted by molar-refractivity contribution is 5.87. The van der Waals surface area contributed by atoms with Gasteiger partial charge >= 0.3 is 5.97 Å². The van der Waals surface area contributed by atoms with Crippen molar-refractivity contribution in [1.82, 2.24) is 0 Å². The predicted molar refractivity (Wildman–Crippen MR) is 69.1 cm³/mol. The van der Waals surface area contributed by atoms with Crippen molar-refractivity contribution in [2.45, 2.75) is 38.6 Å². The Labute approximate surface area is 112 Å². The van der Waals surface area contributed by atoms with Crippen LogP contribution in [0.25, 0.3) is 0 Å². The Bertz CT molecular complexity index is 405. The lowest BCUT2D eigenvalue weighted by atomic mass is 10.1. The number of methoxy groups -OCH3 is 1. The highest BCUT2D eigenvalue weighted by Gasteiger charge is 2.08. The normalized spacial score (nSPS) is 12.0. The number of carbonyl (C=O) groups is 1. The molecule has 19 heavy (non-hydrogen) atoms. The summed E-state index contributed by atoms with van der Waals surface area (Å²) in [6.07, 6.45) is 7.67. The average molecular weight is 266 g/mol. The van der Waals surface area contributed by atoms with Gasteiger partial charge in [-0.1, -0.05) is 12.8 Å². The SMILES string of the molecule is COC(=O)C(C)=CC(CCCCCN=C=O)N=C=O. The molecule has 0 spiro atoms. The molecule has 0 saturated heterocycles. The number of isocyanates is 2. The molecular formula is C13H18N2O4. The summed E-state index contributed by atoms with van der Waals surface area (Å²) in [4.78, 5) is 38.5. The summed E-state index contributed by atoms with van der Waals surface area (Å²) in [6, 6.07) is -0.369. The fraction of sp³-hybridized carbons (Fsp3) is 0.615. The van der Waals surface area contributed by atoms with E-state index < -0.39 is 5.97 Å². The van der Waals surface area contributed by atoms with Gasteiger partial charge in [0.1, 0.15) is 0 Å². The first-order valence-electron chi connectivity index (χ1n) is 6.03. The minimum Gasteiger partial charge on any atom is -0.466 e. The number of hydrogen-bond donors (Lipinski definition) is 0. The summed E-state index contributed by atoms with van der Waals surface area (Å²) < 4.78 is 4.56. The quantitative estimate of drug-likeness (QED) is 0.209. The number of nitrogens with zero attached hydrogens (tertiary/aromatic N) is 2. The summed E-state index contributed by atoms with van der Waals surface area (Å²) >= 11 is 0. The van der Waals surface area contributed by atoms with Crippen LogP contribution in [0.4, 0.5) is 0 Å². The summed E-state index contributed by atoms with van der Waals surface area (Å²) in [5.74, 6) is -0.439. The van der Waals surface area contributed by atoms with Gasteiger partial charge in [-0.15, -0.1) is 0 Å². The van der Waals surface area contributed by atoms with Gasteiger partial charge in [0.2, 0.25) is 12.2 Å². The number of rotatable bonds is 9. The molecule has 0 aliphatic heterocycles. The van der Waals surface area contributed by atoms with Crippen molar-refractivity contribution in [2.75, 3.05) is 13.7 Å².